The first-order chi connectivity index (χ1) is 22.2. The summed E-state index contributed by atoms with van der Waals surface area (Å²) in [5, 5.41) is 10.5. The van der Waals surface area contributed by atoms with Crippen molar-refractivity contribution >= 4 is 5.97 Å². The van der Waals surface area contributed by atoms with E-state index in [2.05, 4.69) is 12.2 Å². The van der Waals surface area contributed by atoms with E-state index in [0.29, 0.717) is 25.2 Å². The molecule has 0 amide bonds. The van der Waals surface area contributed by atoms with Crippen LogP contribution in [0.5, 0.6) is 0 Å². The third-order valence-corrected chi connectivity index (χ3v) is 9.47. The Kier molecular flexibility index (Phi) is 14.6. The highest BCUT2D eigenvalue weighted by Gasteiger charge is 2.45. The Labute approximate surface area is 268 Å². The Morgan fingerprint density at radius 2 is 1.44 bits per heavy atom. The number of unbranched alkanes of at least 4 members (excludes halogenated alkanes) is 1. The number of hydrogen-bond acceptors (Lipinski definition) is 9. The van der Waals surface area contributed by atoms with E-state index in [0.717, 1.165) is 96.7 Å². The van der Waals surface area contributed by atoms with Crippen molar-refractivity contribution < 1.29 is 43.1 Å². The van der Waals surface area contributed by atoms with Gasteiger partial charge in [-0.2, -0.15) is 0 Å². The summed E-state index contributed by atoms with van der Waals surface area (Å²) >= 11 is 0. The highest BCUT2D eigenvalue weighted by Crippen LogP contribution is 2.41. The lowest BCUT2D eigenvalue weighted by atomic mass is 9.90. The van der Waals surface area contributed by atoms with E-state index in [4.69, 9.17) is 33.2 Å². The molecule has 9 heteroatoms. The molecule has 3 aliphatic heterocycles. The van der Waals surface area contributed by atoms with Crippen molar-refractivity contribution in [2.45, 2.75) is 127 Å². The molecule has 1 aliphatic carbocycles. The van der Waals surface area contributed by atoms with Crippen LogP contribution in [0, 0.1) is 11.8 Å². The minimum atomic E-state index is -0.349. The zero-order valence-corrected chi connectivity index (χ0v) is 26.8. The molecule has 0 bridgehead atoms. The van der Waals surface area contributed by atoms with E-state index in [1.165, 1.54) is 0 Å². The lowest BCUT2D eigenvalue weighted by Crippen LogP contribution is -2.33. The summed E-state index contributed by atoms with van der Waals surface area (Å²) in [6.45, 7) is 2.56. The van der Waals surface area contributed by atoms with Gasteiger partial charge < -0.3 is 38.3 Å². The third-order valence-electron chi connectivity index (χ3n) is 9.47. The molecule has 0 radical (unpaired) electrons. The molecule has 1 aromatic rings. The molecule has 45 heavy (non-hydrogen) atoms. The first kappa shape index (κ1) is 34.5. The lowest BCUT2D eigenvalue weighted by molar-refractivity contribution is -0.204. The van der Waals surface area contributed by atoms with Crippen LogP contribution in [-0.2, 0) is 33.2 Å². The molecule has 0 aromatic heterocycles. The van der Waals surface area contributed by atoms with Gasteiger partial charge in [-0.05, 0) is 102 Å². The first-order valence-corrected chi connectivity index (χ1v) is 17.5. The zero-order valence-electron chi connectivity index (χ0n) is 26.8. The summed E-state index contributed by atoms with van der Waals surface area (Å²) in [5.41, 5.74) is 0.541. The number of aliphatic hydroxyl groups is 1. The van der Waals surface area contributed by atoms with Gasteiger partial charge in [0, 0.05) is 38.8 Å². The number of ether oxygens (including phenoxy) is 7. The van der Waals surface area contributed by atoms with Crippen molar-refractivity contribution in [3.05, 3.63) is 48.0 Å². The van der Waals surface area contributed by atoms with Gasteiger partial charge in [0.25, 0.3) is 0 Å². The SMILES string of the molecule is O=C(OC(CCCC=CC[C@@H]1[C@@H](CO)[C@H](OC2CCCCO2)C[C@@H]1OC1CCCCO1)COC1CCCCO1)c1ccccc1. The van der Waals surface area contributed by atoms with E-state index in [9.17, 15) is 9.90 Å². The zero-order chi connectivity index (χ0) is 31.1. The number of benzene rings is 1. The molecule has 4 fully saturated rings. The molecule has 5 rings (SSSR count). The van der Waals surface area contributed by atoms with Gasteiger partial charge in [0.05, 0.1) is 24.4 Å². The molecule has 1 N–H and O–H groups in total. The maximum atomic E-state index is 12.8. The Hall–Kier alpha value is -1.85. The molecule has 252 valence electrons. The monoisotopic (exact) mass is 630 g/mol. The van der Waals surface area contributed by atoms with E-state index in [1.54, 1.807) is 12.1 Å². The van der Waals surface area contributed by atoms with Gasteiger partial charge in [-0.25, -0.2) is 4.79 Å². The van der Waals surface area contributed by atoms with Crippen LogP contribution in [-0.4, -0.2) is 81.3 Å². The largest absolute Gasteiger partial charge is 0.456 e. The number of allylic oxidation sites excluding steroid dienone is 2. The minimum Gasteiger partial charge on any atom is -0.456 e. The Morgan fingerprint density at radius 3 is 2.04 bits per heavy atom. The molecule has 4 unspecified atom stereocenters. The number of carbonyl (C=O) groups excluding carboxylic acids is 1. The second kappa shape index (κ2) is 19.1. The van der Waals surface area contributed by atoms with Crippen molar-refractivity contribution in [3.8, 4) is 0 Å². The fourth-order valence-corrected chi connectivity index (χ4v) is 6.91. The number of carbonyl (C=O) groups is 1. The standard InChI is InChI=1S/C36H54O9/c37-25-30-29(31(44-34-19-9-12-22-40-34)24-32(30)45-35-20-10-13-23-41-35)17-7-2-1-6-16-28(26-42-33-18-8-11-21-39-33)43-36(38)27-14-4-3-5-15-27/h2-5,7,14-15,28-35,37H,1,6,8-13,16-26H2/t28?,29-,30-,31+,32-,33?,34?,35?/m1/s1. The summed E-state index contributed by atoms with van der Waals surface area (Å²) in [6.07, 6.45) is 16.4. The van der Waals surface area contributed by atoms with Crippen LogP contribution in [0.4, 0.5) is 0 Å². The van der Waals surface area contributed by atoms with Gasteiger partial charge in [-0.1, -0.05) is 30.4 Å². The summed E-state index contributed by atoms with van der Waals surface area (Å²) in [6, 6.07) is 9.10. The summed E-state index contributed by atoms with van der Waals surface area (Å²) < 4.78 is 42.3. The van der Waals surface area contributed by atoms with Gasteiger partial charge in [-0.15, -0.1) is 0 Å². The van der Waals surface area contributed by atoms with E-state index in [1.807, 2.05) is 18.2 Å². The molecule has 8 atom stereocenters. The molecule has 1 saturated carbocycles. The van der Waals surface area contributed by atoms with Gasteiger partial charge in [0.1, 0.15) is 6.10 Å². The van der Waals surface area contributed by atoms with Crippen LogP contribution in [0.25, 0.3) is 0 Å². The minimum absolute atomic E-state index is 0.0188. The quantitative estimate of drug-likeness (QED) is 0.128. The van der Waals surface area contributed by atoms with Gasteiger partial charge in [-0.3, -0.25) is 0 Å². The van der Waals surface area contributed by atoms with Gasteiger partial charge >= 0.3 is 5.97 Å². The normalized spacial score (nSPS) is 31.6. The van der Waals surface area contributed by atoms with Gasteiger partial charge in [0.15, 0.2) is 18.9 Å². The first-order valence-electron chi connectivity index (χ1n) is 17.5. The summed E-state index contributed by atoms with van der Waals surface area (Å²) in [4.78, 5) is 12.8. The van der Waals surface area contributed by atoms with Crippen LogP contribution in [0.15, 0.2) is 42.5 Å². The average molecular weight is 631 g/mol. The molecule has 0 spiro atoms. The van der Waals surface area contributed by atoms with E-state index in [-0.39, 0.29) is 61.6 Å². The van der Waals surface area contributed by atoms with Crippen LogP contribution >= 0.6 is 0 Å². The topological polar surface area (TPSA) is 102 Å². The predicted molar refractivity (Wildman–Crippen MR) is 168 cm³/mol. The second-order valence-electron chi connectivity index (χ2n) is 12.8. The fraction of sp³-hybridized carbons (Fsp3) is 0.750. The lowest BCUT2D eigenvalue weighted by Gasteiger charge is -2.30. The molecule has 9 nitrogen and oxygen atoms in total. The van der Waals surface area contributed by atoms with Crippen molar-refractivity contribution in [2.75, 3.05) is 33.0 Å². The fourth-order valence-electron chi connectivity index (χ4n) is 6.91. The predicted octanol–water partition coefficient (Wildman–Crippen LogP) is 6.32. The van der Waals surface area contributed by atoms with Crippen LogP contribution in [0.1, 0.15) is 100 Å². The summed E-state index contributed by atoms with van der Waals surface area (Å²) in [7, 11) is 0. The smallest absolute Gasteiger partial charge is 0.338 e. The summed E-state index contributed by atoms with van der Waals surface area (Å²) in [5.74, 6) is -0.215. The van der Waals surface area contributed by atoms with Crippen molar-refractivity contribution in [1.29, 1.82) is 0 Å². The van der Waals surface area contributed by atoms with E-state index >= 15 is 0 Å². The highest BCUT2D eigenvalue weighted by atomic mass is 16.7. The molecule has 4 aliphatic rings. The maximum absolute atomic E-state index is 12.8. The Balaban J connectivity index is 1.13. The molecule has 1 aromatic carbocycles. The third kappa shape index (κ3) is 11.1. The van der Waals surface area contributed by atoms with Gasteiger partial charge in [0.2, 0.25) is 0 Å². The van der Waals surface area contributed by atoms with E-state index < -0.39 is 0 Å². The molecule has 3 heterocycles. The van der Waals surface area contributed by atoms with Crippen LogP contribution in [0.3, 0.4) is 0 Å². The number of rotatable bonds is 16. The van der Waals surface area contributed by atoms with Crippen LogP contribution < -0.4 is 0 Å². The molecule has 3 saturated heterocycles. The number of esters is 1. The Morgan fingerprint density at radius 1 is 0.822 bits per heavy atom. The maximum Gasteiger partial charge on any atom is 0.338 e. The number of hydrogen-bond donors (Lipinski definition) is 1. The molecular formula is C36H54O9. The van der Waals surface area contributed by atoms with Crippen molar-refractivity contribution in [2.24, 2.45) is 11.8 Å². The second-order valence-corrected chi connectivity index (χ2v) is 12.8. The Bertz CT molecular complexity index is 985. The van der Waals surface area contributed by atoms with Crippen molar-refractivity contribution in [3.63, 3.8) is 0 Å². The van der Waals surface area contributed by atoms with Crippen molar-refractivity contribution in [1.82, 2.24) is 0 Å². The van der Waals surface area contributed by atoms with Crippen LogP contribution in [0.2, 0.25) is 0 Å². The molecular weight excluding hydrogens is 576 g/mol. The average Bonchev–Trinajstić information content (AvgIpc) is 3.41. The number of aliphatic hydroxyl groups excluding tert-OH is 1. The highest BCUT2D eigenvalue weighted by molar-refractivity contribution is 5.89.